The van der Waals surface area contributed by atoms with Crippen LogP contribution in [-0.2, 0) is 14.6 Å². The highest BCUT2D eigenvalue weighted by molar-refractivity contribution is 7.90. The molecule has 2 rings (SSSR count). The summed E-state index contributed by atoms with van der Waals surface area (Å²) >= 11 is 0. The molecule has 3 N–H and O–H groups in total. The second kappa shape index (κ2) is 11.1. The molecule has 0 heterocycles. The molecule has 0 aliphatic rings. The highest BCUT2D eigenvalue weighted by Crippen LogP contribution is 2.15. The van der Waals surface area contributed by atoms with Crippen LogP contribution in [0.5, 0.6) is 5.75 Å². The SMILES string of the molecule is CS(=O)(=O)CCCC(NC(=O)/C=C/c1ccccc1)Oc1ccc(C(=O)NO)cc1. The van der Waals surface area contributed by atoms with Gasteiger partial charge in [0.15, 0.2) is 6.23 Å². The zero-order chi connectivity index (χ0) is 22.0. The third-order valence-corrected chi connectivity index (χ3v) is 5.04. The molecule has 0 aliphatic carbocycles. The number of carbonyl (C=O) groups is 2. The van der Waals surface area contributed by atoms with E-state index in [0.29, 0.717) is 12.2 Å². The lowest BCUT2D eigenvalue weighted by Crippen LogP contribution is -2.38. The zero-order valence-electron chi connectivity index (χ0n) is 16.4. The molecule has 0 bridgehead atoms. The van der Waals surface area contributed by atoms with Crippen molar-refractivity contribution in [1.29, 1.82) is 0 Å². The summed E-state index contributed by atoms with van der Waals surface area (Å²) in [5.41, 5.74) is 2.63. The standard InChI is InChI=1S/C21H24N2O6S/c1-30(27,28)15-5-8-20(22-19(24)14-9-16-6-3-2-4-7-16)29-18-12-10-17(11-13-18)21(25)23-26/h2-4,6-7,9-14,20,26H,5,8,15H2,1H3,(H,22,24)(H,23,25)/b14-9+. The van der Waals surface area contributed by atoms with Gasteiger partial charge >= 0.3 is 0 Å². The van der Waals surface area contributed by atoms with Crippen LogP contribution in [0.1, 0.15) is 28.8 Å². The minimum atomic E-state index is -3.14. The van der Waals surface area contributed by atoms with Gasteiger partial charge in [-0.15, -0.1) is 0 Å². The first-order chi connectivity index (χ1) is 14.3. The summed E-state index contributed by atoms with van der Waals surface area (Å²) in [6, 6.07) is 15.2. The Hall–Kier alpha value is -3.17. The number of hydroxylamine groups is 1. The van der Waals surface area contributed by atoms with E-state index in [9.17, 15) is 18.0 Å². The van der Waals surface area contributed by atoms with E-state index in [1.807, 2.05) is 30.3 Å². The molecule has 1 atom stereocenters. The lowest BCUT2D eigenvalue weighted by molar-refractivity contribution is -0.118. The first-order valence-electron chi connectivity index (χ1n) is 9.19. The largest absolute Gasteiger partial charge is 0.471 e. The van der Waals surface area contributed by atoms with E-state index in [1.165, 1.54) is 35.8 Å². The van der Waals surface area contributed by atoms with Crippen molar-refractivity contribution in [3.8, 4) is 5.75 Å². The van der Waals surface area contributed by atoms with Crippen LogP contribution in [0.15, 0.2) is 60.7 Å². The number of hydrogen-bond acceptors (Lipinski definition) is 6. The lowest BCUT2D eigenvalue weighted by Gasteiger charge is -2.20. The predicted octanol–water partition coefficient (Wildman–Crippen LogP) is 2.16. The fraction of sp³-hybridized carbons (Fsp3) is 0.238. The maximum Gasteiger partial charge on any atom is 0.274 e. The lowest BCUT2D eigenvalue weighted by atomic mass is 10.2. The molecule has 0 aliphatic heterocycles. The van der Waals surface area contributed by atoms with Crippen LogP contribution in [0, 0.1) is 0 Å². The summed E-state index contributed by atoms with van der Waals surface area (Å²) in [5, 5.41) is 11.4. The number of rotatable bonds is 10. The van der Waals surface area contributed by atoms with Gasteiger partial charge in [0.1, 0.15) is 15.6 Å². The summed E-state index contributed by atoms with van der Waals surface area (Å²) in [4.78, 5) is 23.7. The van der Waals surface area contributed by atoms with Crippen molar-refractivity contribution in [2.75, 3.05) is 12.0 Å². The van der Waals surface area contributed by atoms with Crippen molar-refractivity contribution in [2.45, 2.75) is 19.1 Å². The van der Waals surface area contributed by atoms with Gasteiger partial charge in [-0.2, -0.15) is 0 Å². The van der Waals surface area contributed by atoms with E-state index in [0.717, 1.165) is 11.8 Å². The summed E-state index contributed by atoms with van der Waals surface area (Å²) in [6.45, 7) is 0. The molecule has 9 heteroatoms. The number of amides is 2. The maximum atomic E-state index is 12.3. The van der Waals surface area contributed by atoms with E-state index in [2.05, 4.69) is 5.32 Å². The van der Waals surface area contributed by atoms with Crippen LogP contribution in [0.2, 0.25) is 0 Å². The van der Waals surface area contributed by atoms with Crippen LogP contribution in [0.3, 0.4) is 0 Å². The average Bonchev–Trinajstić information content (AvgIpc) is 2.72. The molecule has 2 amide bonds. The van der Waals surface area contributed by atoms with Gasteiger partial charge in [0.25, 0.3) is 5.91 Å². The average molecular weight is 432 g/mol. The molecule has 30 heavy (non-hydrogen) atoms. The summed E-state index contributed by atoms with van der Waals surface area (Å²) in [5.74, 6) is -0.704. The highest BCUT2D eigenvalue weighted by atomic mass is 32.2. The molecule has 0 saturated carbocycles. The van der Waals surface area contributed by atoms with Crippen molar-refractivity contribution in [3.63, 3.8) is 0 Å². The smallest absolute Gasteiger partial charge is 0.274 e. The van der Waals surface area contributed by atoms with Crippen molar-refractivity contribution in [3.05, 3.63) is 71.8 Å². The van der Waals surface area contributed by atoms with Crippen LogP contribution < -0.4 is 15.5 Å². The Kier molecular flexibility index (Phi) is 8.57. The Balaban J connectivity index is 2.04. The third-order valence-electron chi connectivity index (χ3n) is 4.01. The molecule has 2 aromatic rings. The van der Waals surface area contributed by atoms with Crippen LogP contribution in [0.4, 0.5) is 0 Å². The van der Waals surface area contributed by atoms with Crippen LogP contribution in [-0.4, -0.2) is 43.7 Å². The van der Waals surface area contributed by atoms with E-state index in [-0.39, 0.29) is 23.6 Å². The minimum absolute atomic E-state index is 0.0296. The molecule has 8 nitrogen and oxygen atoms in total. The molecule has 1 unspecified atom stereocenters. The summed E-state index contributed by atoms with van der Waals surface area (Å²) in [6.07, 6.45) is 3.99. The normalized spacial score (nSPS) is 12.3. The Morgan fingerprint density at radius 3 is 2.37 bits per heavy atom. The summed E-state index contributed by atoms with van der Waals surface area (Å²) < 4.78 is 28.5. The van der Waals surface area contributed by atoms with Crippen LogP contribution in [0.25, 0.3) is 6.08 Å². The third kappa shape index (κ3) is 8.46. The number of hydrogen-bond donors (Lipinski definition) is 3. The van der Waals surface area contributed by atoms with E-state index >= 15 is 0 Å². The zero-order valence-corrected chi connectivity index (χ0v) is 17.3. The minimum Gasteiger partial charge on any atom is -0.471 e. The monoisotopic (exact) mass is 432 g/mol. The van der Waals surface area contributed by atoms with E-state index in [4.69, 9.17) is 9.94 Å². The second-order valence-electron chi connectivity index (χ2n) is 6.60. The van der Waals surface area contributed by atoms with Crippen molar-refractivity contribution in [2.24, 2.45) is 0 Å². The maximum absolute atomic E-state index is 12.3. The molecular formula is C21H24N2O6S. The molecular weight excluding hydrogens is 408 g/mol. The number of benzene rings is 2. The topological polar surface area (TPSA) is 122 Å². The summed E-state index contributed by atoms with van der Waals surface area (Å²) in [7, 11) is -3.14. The quantitative estimate of drug-likeness (QED) is 0.229. The molecule has 0 radical (unpaired) electrons. The van der Waals surface area contributed by atoms with Gasteiger partial charge in [-0.1, -0.05) is 30.3 Å². The van der Waals surface area contributed by atoms with Crippen molar-refractivity contribution in [1.82, 2.24) is 10.8 Å². The van der Waals surface area contributed by atoms with Gasteiger partial charge in [0.2, 0.25) is 5.91 Å². The highest BCUT2D eigenvalue weighted by Gasteiger charge is 2.15. The van der Waals surface area contributed by atoms with Gasteiger partial charge < -0.3 is 10.1 Å². The molecule has 160 valence electrons. The number of nitrogens with one attached hydrogen (secondary N) is 2. The van der Waals surface area contributed by atoms with Gasteiger partial charge in [0.05, 0.1) is 5.75 Å². The molecule has 0 saturated heterocycles. The Morgan fingerprint density at radius 1 is 1.10 bits per heavy atom. The fourth-order valence-electron chi connectivity index (χ4n) is 2.55. The Labute approximate surface area is 175 Å². The van der Waals surface area contributed by atoms with Crippen LogP contribution >= 0.6 is 0 Å². The Morgan fingerprint density at radius 2 is 1.77 bits per heavy atom. The van der Waals surface area contributed by atoms with Gasteiger partial charge in [0, 0.05) is 24.3 Å². The predicted molar refractivity (Wildman–Crippen MR) is 113 cm³/mol. The first kappa shape index (κ1) is 23.1. The van der Waals surface area contributed by atoms with Gasteiger partial charge in [-0.05, 0) is 42.3 Å². The van der Waals surface area contributed by atoms with Crippen molar-refractivity contribution < 1.29 is 28.0 Å². The second-order valence-corrected chi connectivity index (χ2v) is 8.86. The number of ether oxygens (including phenoxy) is 1. The van der Waals surface area contributed by atoms with Crippen molar-refractivity contribution >= 4 is 27.7 Å². The van der Waals surface area contributed by atoms with Gasteiger partial charge in [-0.25, -0.2) is 13.9 Å². The molecule has 0 aromatic heterocycles. The Bertz CT molecular complexity index is 972. The molecule has 2 aromatic carbocycles. The van der Waals surface area contributed by atoms with Gasteiger partial charge in [-0.3, -0.25) is 14.8 Å². The molecule has 0 fully saturated rings. The number of carbonyl (C=O) groups excluding carboxylic acids is 2. The molecule has 0 spiro atoms. The fourth-order valence-corrected chi connectivity index (χ4v) is 3.24. The van der Waals surface area contributed by atoms with E-state index < -0.39 is 22.0 Å². The number of sulfone groups is 1. The van der Waals surface area contributed by atoms with E-state index in [1.54, 1.807) is 6.08 Å². The first-order valence-corrected chi connectivity index (χ1v) is 11.3.